The molecule has 0 radical (unpaired) electrons. The van der Waals surface area contributed by atoms with Crippen LogP contribution in [0.1, 0.15) is 54.2 Å². The summed E-state index contributed by atoms with van der Waals surface area (Å²) in [7, 11) is 1.34. The number of hydrogen-bond acceptors (Lipinski definition) is 6. The summed E-state index contributed by atoms with van der Waals surface area (Å²) in [6, 6.07) is 10.8. The molecule has 3 atom stereocenters. The van der Waals surface area contributed by atoms with Crippen LogP contribution in [0.2, 0.25) is 0 Å². The van der Waals surface area contributed by atoms with Crippen molar-refractivity contribution >= 4 is 23.4 Å². The van der Waals surface area contributed by atoms with Crippen LogP contribution < -0.4 is 10.2 Å². The lowest BCUT2D eigenvalue weighted by Gasteiger charge is -2.46. The second kappa shape index (κ2) is 7.79. The number of nitriles is 1. The first-order valence-corrected chi connectivity index (χ1v) is 10.1. The van der Waals surface area contributed by atoms with Gasteiger partial charge in [-0.3, -0.25) is 4.79 Å². The third kappa shape index (κ3) is 3.39. The van der Waals surface area contributed by atoms with Crippen LogP contribution in [0.4, 0.5) is 11.5 Å². The minimum Gasteiger partial charge on any atom is -0.465 e. The SMILES string of the molecule is COC(=O)c1cccnc1N[C@H]1c2cc(C#N)ccc2N(C(C)=O)C(C2CC2)[C@@H]1C. The zero-order valence-corrected chi connectivity index (χ0v) is 17.3. The highest BCUT2D eigenvalue weighted by Crippen LogP contribution is 2.50. The van der Waals surface area contributed by atoms with Crippen molar-refractivity contribution in [3.8, 4) is 6.07 Å². The highest BCUT2D eigenvalue weighted by molar-refractivity contribution is 5.96. The van der Waals surface area contributed by atoms with Crippen molar-refractivity contribution in [3.05, 3.63) is 53.2 Å². The number of rotatable bonds is 4. The van der Waals surface area contributed by atoms with Crippen LogP contribution in [0.5, 0.6) is 0 Å². The van der Waals surface area contributed by atoms with Gasteiger partial charge in [-0.2, -0.15) is 5.26 Å². The van der Waals surface area contributed by atoms with E-state index >= 15 is 0 Å². The Labute approximate surface area is 175 Å². The van der Waals surface area contributed by atoms with Gasteiger partial charge in [0, 0.05) is 30.8 Å². The van der Waals surface area contributed by atoms with E-state index in [0.717, 1.165) is 24.1 Å². The average molecular weight is 404 g/mol. The molecule has 1 saturated carbocycles. The molecule has 7 heteroatoms. The summed E-state index contributed by atoms with van der Waals surface area (Å²) in [6.07, 6.45) is 3.80. The van der Waals surface area contributed by atoms with Crippen LogP contribution in [-0.2, 0) is 9.53 Å². The Morgan fingerprint density at radius 3 is 2.70 bits per heavy atom. The van der Waals surface area contributed by atoms with Crippen molar-refractivity contribution in [2.75, 3.05) is 17.3 Å². The summed E-state index contributed by atoms with van der Waals surface area (Å²) in [5.74, 6) is 0.455. The fraction of sp³-hybridized carbons (Fsp3) is 0.391. The minimum atomic E-state index is -0.468. The normalized spacial score (nSPS) is 22.6. The third-order valence-electron chi connectivity index (χ3n) is 6.06. The van der Waals surface area contributed by atoms with Gasteiger partial charge in [0.25, 0.3) is 0 Å². The average Bonchev–Trinajstić information content (AvgIpc) is 3.59. The number of nitrogens with one attached hydrogen (secondary N) is 1. The molecule has 1 amide bonds. The number of anilines is 2. The van der Waals surface area contributed by atoms with E-state index in [4.69, 9.17) is 4.74 Å². The molecule has 4 rings (SSSR count). The Bertz CT molecular complexity index is 1040. The Balaban J connectivity index is 1.83. The molecular weight excluding hydrogens is 380 g/mol. The van der Waals surface area contributed by atoms with E-state index in [1.165, 1.54) is 7.11 Å². The summed E-state index contributed by atoms with van der Waals surface area (Å²) in [4.78, 5) is 31.1. The Morgan fingerprint density at radius 1 is 1.30 bits per heavy atom. The van der Waals surface area contributed by atoms with E-state index in [-0.39, 0.29) is 23.9 Å². The van der Waals surface area contributed by atoms with E-state index in [2.05, 4.69) is 23.3 Å². The molecule has 154 valence electrons. The van der Waals surface area contributed by atoms with Gasteiger partial charge >= 0.3 is 5.97 Å². The maximum atomic E-state index is 12.6. The predicted octanol–water partition coefficient (Wildman–Crippen LogP) is 3.67. The number of carbonyl (C=O) groups is 2. The number of amides is 1. The van der Waals surface area contributed by atoms with Crippen molar-refractivity contribution in [3.63, 3.8) is 0 Å². The van der Waals surface area contributed by atoms with Crippen LogP contribution in [0.15, 0.2) is 36.5 Å². The number of hydrogen-bond donors (Lipinski definition) is 1. The molecule has 2 aliphatic rings. The number of carbonyl (C=O) groups excluding carboxylic acids is 2. The molecule has 1 aliphatic heterocycles. The quantitative estimate of drug-likeness (QED) is 0.781. The number of nitrogens with zero attached hydrogens (tertiary/aromatic N) is 3. The van der Waals surface area contributed by atoms with Crippen LogP contribution >= 0.6 is 0 Å². The molecule has 0 saturated heterocycles. The summed E-state index contributed by atoms with van der Waals surface area (Å²) in [5, 5.41) is 12.9. The Hall–Kier alpha value is -3.40. The van der Waals surface area contributed by atoms with Crippen LogP contribution in [0, 0.1) is 23.2 Å². The number of esters is 1. The van der Waals surface area contributed by atoms with Crippen molar-refractivity contribution in [2.45, 2.75) is 38.8 Å². The Kier molecular flexibility index (Phi) is 5.17. The monoisotopic (exact) mass is 404 g/mol. The van der Waals surface area contributed by atoms with Crippen LogP contribution in [0.25, 0.3) is 0 Å². The highest BCUT2D eigenvalue weighted by atomic mass is 16.5. The molecule has 1 aliphatic carbocycles. The molecule has 2 heterocycles. The molecule has 1 fully saturated rings. The topological polar surface area (TPSA) is 95.3 Å². The van der Waals surface area contributed by atoms with Crippen molar-refractivity contribution in [2.24, 2.45) is 11.8 Å². The maximum Gasteiger partial charge on any atom is 0.341 e. The summed E-state index contributed by atoms with van der Waals surface area (Å²) in [6.45, 7) is 3.70. The van der Waals surface area contributed by atoms with Gasteiger partial charge in [-0.15, -0.1) is 0 Å². The molecule has 1 unspecified atom stereocenters. The maximum absolute atomic E-state index is 12.6. The first-order chi connectivity index (χ1) is 14.5. The molecule has 0 bridgehead atoms. The van der Waals surface area contributed by atoms with E-state index in [9.17, 15) is 14.9 Å². The van der Waals surface area contributed by atoms with E-state index in [0.29, 0.717) is 22.9 Å². The third-order valence-corrected chi connectivity index (χ3v) is 6.06. The number of aromatic nitrogens is 1. The van der Waals surface area contributed by atoms with Gasteiger partial charge in [0.2, 0.25) is 5.91 Å². The van der Waals surface area contributed by atoms with Gasteiger partial charge in [0.15, 0.2) is 0 Å². The highest BCUT2D eigenvalue weighted by Gasteiger charge is 2.47. The number of fused-ring (bicyclic) bond motifs is 1. The largest absolute Gasteiger partial charge is 0.465 e. The lowest BCUT2D eigenvalue weighted by atomic mass is 9.79. The second-order valence-corrected chi connectivity index (χ2v) is 7.97. The lowest BCUT2D eigenvalue weighted by molar-refractivity contribution is -0.117. The Morgan fingerprint density at radius 2 is 2.07 bits per heavy atom. The number of pyridine rings is 1. The minimum absolute atomic E-state index is 0.00348. The lowest BCUT2D eigenvalue weighted by Crippen LogP contribution is -2.51. The fourth-order valence-corrected chi connectivity index (χ4v) is 4.58. The van der Waals surface area contributed by atoms with Gasteiger partial charge in [-0.05, 0) is 54.7 Å². The fourth-order valence-electron chi connectivity index (χ4n) is 4.58. The van der Waals surface area contributed by atoms with Gasteiger partial charge in [0.1, 0.15) is 11.4 Å². The smallest absolute Gasteiger partial charge is 0.341 e. The number of benzene rings is 1. The molecule has 0 spiro atoms. The van der Waals surface area contributed by atoms with E-state index in [1.54, 1.807) is 31.3 Å². The van der Waals surface area contributed by atoms with Crippen molar-refractivity contribution < 1.29 is 14.3 Å². The molecule has 30 heavy (non-hydrogen) atoms. The molecule has 1 N–H and O–H groups in total. The second-order valence-electron chi connectivity index (χ2n) is 7.97. The van der Waals surface area contributed by atoms with Gasteiger partial charge in [-0.25, -0.2) is 9.78 Å². The molecule has 1 aromatic heterocycles. The van der Waals surface area contributed by atoms with Crippen molar-refractivity contribution in [1.82, 2.24) is 4.98 Å². The van der Waals surface area contributed by atoms with E-state index in [1.807, 2.05) is 17.0 Å². The zero-order chi connectivity index (χ0) is 21.4. The van der Waals surface area contributed by atoms with Gasteiger partial charge in [-0.1, -0.05) is 6.92 Å². The standard InChI is InChI=1S/C23H24N4O3/c1-13-20(26-22-17(23(29)30-3)5-4-10-25-22)18-11-15(12-24)6-9-19(18)27(14(2)28)21(13)16-7-8-16/h4-6,9-11,13,16,20-21H,7-8H2,1-3H3,(H,25,26)/t13-,20-,21?/m1/s1. The van der Waals surface area contributed by atoms with Crippen LogP contribution in [0.3, 0.4) is 0 Å². The van der Waals surface area contributed by atoms with E-state index < -0.39 is 5.97 Å². The molecular formula is C23H24N4O3. The van der Waals surface area contributed by atoms with Crippen LogP contribution in [-0.4, -0.2) is 30.0 Å². The summed E-state index contributed by atoms with van der Waals surface area (Å²) < 4.78 is 4.90. The van der Waals surface area contributed by atoms with Gasteiger partial charge < -0.3 is 15.0 Å². The molecule has 1 aromatic carbocycles. The van der Waals surface area contributed by atoms with Crippen molar-refractivity contribution in [1.29, 1.82) is 5.26 Å². The summed E-state index contributed by atoms with van der Waals surface area (Å²) in [5.41, 5.74) is 2.54. The summed E-state index contributed by atoms with van der Waals surface area (Å²) >= 11 is 0. The first kappa shape index (κ1) is 19.9. The molecule has 2 aromatic rings. The predicted molar refractivity (Wildman–Crippen MR) is 112 cm³/mol. The van der Waals surface area contributed by atoms with Gasteiger partial charge in [0.05, 0.1) is 24.8 Å². The first-order valence-electron chi connectivity index (χ1n) is 10.1. The number of methoxy groups -OCH3 is 1. The zero-order valence-electron chi connectivity index (χ0n) is 17.3. The number of ether oxygens (including phenoxy) is 1. The molecule has 7 nitrogen and oxygen atoms in total.